The van der Waals surface area contributed by atoms with Crippen LogP contribution in [0.25, 0.3) is 41.1 Å². The minimum Gasteiger partial charge on any atom is -0.497 e. The molecule has 0 fully saturated rings. The van der Waals surface area contributed by atoms with E-state index in [2.05, 4.69) is 0 Å². The number of fused-ring (bicyclic) bond motifs is 2. The van der Waals surface area contributed by atoms with Gasteiger partial charge in [-0.25, -0.2) is 0 Å². The van der Waals surface area contributed by atoms with Crippen molar-refractivity contribution in [3.05, 3.63) is 156 Å². The molecule has 0 aliphatic heterocycles. The van der Waals surface area contributed by atoms with Crippen LogP contribution in [-0.4, -0.2) is 71.1 Å². The monoisotopic (exact) mass is 896 g/mol. The molecule has 8 rings (SSSR count). The van der Waals surface area contributed by atoms with Crippen LogP contribution in [0, 0.1) is 0 Å². The van der Waals surface area contributed by atoms with Crippen LogP contribution in [0.2, 0.25) is 0 Å². The third kappa shape index (κ3) is 10.2. The second-order valence-corrected chi connectivity index (χ2v) is 16.1. The number of ketones is 2. The number of carbonyl (C=O) groups is 3. The molecule has 8 aromatic rings. The fraction of sp³-hybridized carbons (Fsp3) is 0.157. The fourth-order valence-electron chi connectivity index (χ4n) is 6.79. The Morgan fingerprint density at radius 1 is 0.484 bits per heavy atom. The van der Waals surface area contributed by atoms with Gasteiger partial charge in [0.05, 0.1) is 35.0 Å². The van der Waals surface area contributed by atoms with E-state index in [9.17, 15) is 14.4 Å². The number of hydrogen-bond acceptors (Lipinski definition) is 13. The zero-order valence-corrected chi connectivity index (χ0v) is 37.3. The Bertz CT molecular complexity index is 2880. The van der Waals surface area contributed by atoms with Crippen molar-refractivity contribution in [1.82, 2.24) is 0 Å². The summed E-state index contributed by atoms with van der Waals surface area (Å²) in [6.07, 6.45) is 0. The summed E-state index contributed by atoms with van der Waals surface area (Å²) in [5.41, 5.74) is 4.28. The standard InChI is InChI=1S/C26H22O6S.C25H22O5S/c1-16(27)31-15-32-20-10-4-17(5-11-20)25(28)24-22-13-12-21(30-3)14-23(22)33-26(24)18-6-8-19(29-2)9-7-18;1-28-18-7-5-17(6-8-18)25-23(21-12-11-20(29-2)15-22(21)31-25)24(27)16-3-9-19(10-4-16)30-14-13-26/h4-14H,15H2,1-3H3;3-12,15,26H,13-14H2,1-2H3. The van der Waals surface area contributed by atoms with Crippen LogP contribution in [0.1, 0.15) is 38.8 Å². The van der Waals surface area contributed by atoms with Gasteiger partial charge in [-0.3, -0.25) is 14.4 Å². The number of rotatable bonds is 16. The summed E-state index contributed by atoms with van der Waals surface area (Å²) in [5.74, 6) is 3.53. The summed E-state index contributed by atoms with van der Waals surface area (Å²) in [5, 5.41) is 10.7. The molecule has 326 valence electrons. The van der Waals surface area contributed by atoms with E-state index in [0.717, 1.165) is 64.1 Å². The minimum absolute atomic E-state index is 0.0593. The van der Waals surface area contributed by atoms with Gasteiger partial charge in [0.15, 0.2) is 11.6 Å². The SMILES string of the molecule is COc1ccc(-c2sc3cc(OC)ccc3c2C(=O)c2ccc(OCCO)cc2)cc1.COc1ccc(-c2sc3cc(OC)ccc3c2C(=O)c2ccc(OCOC(C)=O)cc2)cc1. The highest BCUT2D eigenvalue weighted by Gasteiger charge is 2.24. The molecule has 13 heteroatoms. The summed E-state index contributed by atoms with van der Waals surface area (Å²) < 4.78 is 38.8. The summed E-state index contributed by atoms with van der Waals surface area (Å²) in [7, 11) is 6.50. The first-order chi connectivity index (χ1) is 31.1. The first-order valence-electron chi connectivity index (χ1n) is 19.9. The number of esters is 1. The zero-order valence-electron chi connectivity index (χ0n) is 35.7. The number of hydrogen-bond donors (Lipinski definition) is 1. The van der Waals surface area contributed by atoms with Crippen LogP contribution >= 0.6 is 22.7 Å². The van der Waals surface area contributed by atoms with Gasteiger partial charge < -0.3 is 38.3 Å². The van der Waals surface area contributed by atoms with Crippen molar-refractivity contribution in [1.29, 1.82) is 0 Å². The van der Waals surface area contributed by atoms with Crippen LogP contribution in [0.15, 0.2) is 133 Å². The Morgan fingerprint density at radius 3 is 1.23 bits per heavy atom. The summed E-state index contributed by atoms with van der Waals surface area (Å²) in [6.45, 7) is 1.29. The van der Waals surface area contributed by atoms with Gasteiger partial charge >= 0.3 is 5.97 Å². The van der Waals surface area contributed by atoms with Gasteiger partial charge in [-0.05, 0) is 145 Å². The molecule has 6 aromatic carbocycles. The van der Waals surface area contributed by atoms with E-state index in [1.54, 1.807) is 99.6 Å². The minimum atomic E-state index is -0.422. The second kappa shape index (κ2) is 20.8. The van der Waals surface area contributed by atoms with E-state index in [-0.39, 0.29) is 31.6 Å². The molecule has 1 N–H and O–H groups in total. The molecular formula is C51H44O11S2. The molecule has 0 amide bonds. The highest BCUT2D eigenvalue weighted by Crippen LogP contribution is 2.43. The van der Waals surface area contributed by atoms with Crippen molar-refractivity contribution >= 4 is 60.4 Å². The highest BCUT2D eigenvalue weighted by atomic mass is 32.1. The number of benzene rings is 6. The zero-order chi connectivity index (χ0) is 45.2. The number of aliphatic hydroxyl groups is 1. The normalized spacial score (nSPS) is 10.7. The Labute approximate surface area is 377 Å². The van der Waals surface area contributed by atoms with Crippen molar-refractivity contribution in [2.45, 2.75) is 6.92 Å². The molecule has 0 saturated heterocycles. The lowest BCUT2D eigenvalue weighted by Gasteiger charge is -2.08. The van der Waals surface area contributed by atoms with Gasteiger partial charge in [0.25, 0.3) is 0 Å². The molecule has 64 heavy (non-hydrogen) atoms. The molecular weight excluding hydrogens is 853 g/mol. The average Bonchev–Trinajstić information content (AvgIpc) is 3.92. The van der Waals surface area contributed by atoms with Gasteiger partial charge in [0.2, 0.25) is 6.79 Å². The fourth-order valence-corrected chi connectivity index (χ4v) is 9.26. The van der Waals surface area contributed by atoms with E-state index >= 15 is 0 Å². The van der Waals surface area contributed by atoms with Crippen LogP contribution in [0.4, 0.5) is 0 Å². The first-order valence-corrected chi connectivity index (χ1v) is 21.6. The molecule has 0 spiro atoms. The van der Waals surface area contributed by atoms with E-state index in [1.807, 2.05) is 84.9 Å². The first kappa shape index (κ1) is 44.9. The van der Waals surface area contributed by atoms with E-state index in [0.29, 0.717) is 33.8 Å². The lowest BCUT2D eigenvalue weighted by molar-refractivity contribution is -0.147. The maximum absolute atomic E-state index is 13.6. The molecule has 0 atom stereocenters. The summed E-state index contributed by atoms with van der Waals surface area (Å²) in [4.78, 5) is 39.9. The van der Waals surface area contributed by atoms with Crippen molar-refractivity contribution in [2.24, 2.45) is 0 Å². The molecule has 11 nitrogen and oxygen atoms in total. The predicted molar refractivity (Wildman–Crippen MR) is 250 cm³/mol. The van der Waals surface area contributed by atoms with E-state index < -0.39 is 5.97 Å². The third-order valence-corrected chi connectivity index (χ3v) is 12.4. The van der Waals surface area contributed by atoms with Crippen molar-refractivity contribution < 1.29 is 52.6 Å². The molecule has 0 aliphatic carbocycles. The third-order valence-electron chi connectivity index (χ3n) is 10.0. The van der Waals surface area contributed by atoms with Crippen LogP contribution in [0.5, 0.6) is 34.5 Å². The number of thiophene rings is 2. The van der Waals surface area contributed by atoms with Crippen molar-refractivity contribution in [3.63, 3.8) is 0 Å². The smallest absolute Gasteiger partial charge is 0.305 e. The predicted octanol–water partition coefficient (Wildman–Crippen LogP) is 10.9. The highest BCUT2D eigenvalue weighted by molar-refractivity contribution is 7.23. The summed E-state index contributed by atoms with van der Waals surface area (Å²) >= 11 is 3.11. The number of carbonyl (C=O) groups excluding carboxylic acids is 3. The molecule has 0 unspecified atom stereocenters. The average molecular weight is 897 g/mol. The Hall–Kier alpha value is -7.19. The van der Waals surface area contributed by atoms with E-state index in [4.69, 9.17) is 38.3 Å². The topological polar surface area (TPSA) is 136 Å². The van der Waals surface area contributed by atoms with E-state index in [1.165, 1.54) is 6.92 Å². The molecule has 0 radical (unpaired) electrons. The van der Waals surface area contributed by atoms with Crippen molar-refractivity contribution in [2.75, 3.05) is 48.4 Å². The summed E-state index contributed by atoms with van der Waals surface area (Å²) in [6, 6.07) is 40.6. The molecule has 2 aromatic heterocycles. The maximum atomic E-state index is 13.6. The lowest BCUT2D eigenvalue weighted by Crippen LogP contribution is -2.07. The Kier molecular flexibility index (Phi) is 14.6. The van der Waals surface area contributed by atoms with Crippen LogP contribution in [0.3, 0.4) is 0 Å². The molecule has 2 heterocycles. The van der Waals surface area contributed by atoms with Gasteiger partial charge in [0, 0.05) is 59.1 Å². The molecule has 0 aliphatic rings. The quantitative estimate of drug-likeness (QED) is 0.0564. The van der Waals surface area contributed by atoms with Gasteiger partial charge in [0.1, 0.15) is 41.1 Å². The number of methoxy groups -OCH3 is 4. The second-order valence-electron chi connectivity index (χ2n) is 14.0. The van der Waals surface area contributed by atoms with Gasteiger partial charge in [-0.1, -0.05) is 0 Å². The number of aliphatic hydroxyl groups excluding tert-OH is 1. The van der Waals surface area contributed by atoms with Crippen LogP contribution in [-0.2, 0) is 9.53 Å². The molecule has 0 saturated carbocycles. The van der Waals surface area contributed by atoms with Gasteiger partial charge in [-0.2, -0.15) is 0 Å². The lowest BCUT2D eigenvalue weighted by atomic mass is 9.97. The van der Waals surface area contributed by atoms with Crippen LogP contribution < -0.4 is 28.4 Å². The molecule has 0 bridgehead atoms. The van der Waals surface area contributed by atoms with Crippen molar-refractivity contribution in [3.8, 4) is 55.4 Å². The Balaban J connectivity index is 0.000000192. The van der Waals surface area contributed by atoms with Gasteiger partial charge in [-0.15, -0.1) is 22.7 Å². The number of ether oxygens (including phenoxy) is 7. The maximum Gasteiger partial charge on any atom is 0.305 e. The largest absolute Gasteiger partial charge is 0.497 e. The Morgan fingerprint density at radius 2 is 0.859 bits per heavy atom.